The molecule has 0 aromatic carbocycles. The van der Waals surface area contributed by atoms with Gasteiger partial charge in [-0.3, -0.25) is 0 Å². The molecule has 0 saturated carbocycles. The number of carbonyl (C=O) groups is 1. The third-order valence-corrected chi connectivity index (χ3v) is 19.3. The van der Waals surface area contributed by atoms with Crippen molar-refractivity contribution in [3.8, 4) is 0 Å². The molecule has 1 radical (unpaired) electrons. The van der Waals surface area contributed by atoms with E-state index in [9.17, 15) is 13.2 Å². The molecule has 0 saturated heterocycles. The van der Waals surface area contributed by atoms with E-state index in [0.29, 0.717) is 23.8 Å². The van der Waals surface area contributed by atoms with Gasteiger partial charge < -0.3 is 9.35 Å². The largest absolute Gasteiger partial charge is 0.741 e. The van der Waals surface area contributed by atoms with Crippen LogP contribution in [0, 0.1) is 0 Å². The molecule has 0 spiro atoms. The van der Waals surface area contributed by atoms with Gasteiger partial charge in [0.2, 0.25) is 0 Å². The SMILES string of the molecule is C=O.CCP(CC)CC[P+](C)(CCP(CC)CC)CCP(CC)CC.O=S(=O)([O-])C(F)(F)F.[Rh]. The molecule has 0 amide bonds. The molecule has 0 aliphatic rings. The molecule has 0 rings (SSSR count). The van der Waals surface area contributed by atoms with Gasteiger partial charge in [0.05, 0.1) is 18.5 Å². The summed E-state index contributed by atoms with van der Waals surface area (Å²) in [4.78, 5) is 8.00. The summed E-state index contributed by atoms with van der Waals surface area (Å²) in [5.41, 5.74) is -5.65. The fourth-order valence-corrected chi connectivity index (χ4v) is 16.2. The molecule has 0 aromatic heterocycles. The Hall–Kier alpha value is 1.71. The first-order valence-electron chi connectivity index (χ1n) is 11.5. The summed E-state index contributed by atoms with van der Waals surface area (Å²) in [6.07, 6.45) is 18.3. The second kappa shape index (κ2) is 23.8. The van der Waals surface area contributed by atoms with Crippen molar-refractivity contribution in [1.82, 2.24) is 0 Å². The van der Waals surface area contributed by atoms with Gasteiger partial charge in [-0.1, -0.05) is 41.5 Å². The molecular weight excluding hydrogens is 632 g/mol. The Balaban J connectivity index is -0.000000345. The number of carbonyl (C=O) groups excluding carboxylic acids is 1. The van der Waals surface area contributed by atoms with Crippen LogP contribution in [0.15, 0.2) is 0 Å². The molecule has 0 aliphatic carbocycles. The molecule has 0 aliphatic heterocycles. The van der Waals surface area contributed by atoms with Gasteiger partial charge in [0.25, 0.3) is 0 Å². The average molecular weight is 679 g/mol. The number of hydrogen-bond donors (Lipinski definition) is 0. The predicted octanol–water partition coefficient (Wildman–Crippen LogP) is 7.06. The third kappa shape index (κ3) is 21.8. The van der Waals surface area contributed by atoms with Crippen molar-refractivity contribution >= 4 is 47.9 Å². The van der Waals surface area contributed by atoms with Crippen molar-refractivity contribution in [1.29, 1.82) is 0 Å². The maximum atomic E-state index is 10.7. The number of alkyl halides is 3. The maximum Gasteiger partial charge on any atom is 0.485 e. The van der Waals surface area contributed by atoms with Crippen LogP contribution >= 0.6 is 31.0 Å². The van der Waals surface area contributed by atoms with Crippen LogP contribution in [0.3, 0.4) is 0 Å². The van der Waals surface area contributed by atoms with Crippen molar-refractivity contribution in [2.45, 2.75) is 47.1 Å². The van der Waals surface area contributed by atoms with Crippen molar-refractivity contribution in [3.05, 3.63) is 0 Å². The van der Waals surface area contributed by atoms with Gasteiger partial charge in [0, 0.05) is 51.9 Å². The van der Waals surface area contributed by atoms with E-state index in [4.69, 9.17) is 17.8 Å². The second-order valence-corrected chi connectivity index (χ2v) is 22.9. The molecule has 34 heavy (non-hydrogen) atoms. The van der Waals surface area contributed by atoms with Crippen molar-refractivity contribution in [3.63, 3.8) is 0 Å². The summed E-state index contributed by atoms with van der Waals surface area (Å²) in [6.45, 7) is 19.3. The summed E-state index contributed by atoms with van der Waals surface area (Å²) in [7, 11) is -5.70. The van der Waals surface area contributed by atoms with E-state index in [2.05, 4.69) is 48.2 Å². The van der Waals surface area contributed by atoms with E-state index >= 15 is 0 Å². The smallest absolute Gasteiger partial charge is 0.485 e. The summed E-state index contributed by atoms with van der Waals surface area (Å²) in [6, 6.07) is 0. The van der Waals surface area contributed by atoms with Crippen LogP contribution in [0.2, 0.25) is 0 Å². The molecule has 0 bridgehead atoms. The molecule has 0 N–H and O–H groups in total. The minimum absolute atomic E-state index is 0. The van der Waals surface area contributed by atoms with Crippen LogP contribution in [0.25, 0.3) is 0 Å². The van der Waals surface area contributed by atoms with Crippen molar-refractivity contribution in [2.75, 3.05) is 80.6 Å². The first kappa shape index (κ1) is 42.8. The molecule has 0 fully saturated rings. The molecule has 0 heterocycles. The van der Waals surface area contributed by atoms with Crippen LogP contribution in [0.5, 0.6) is 0 Å². The predicted molar refractivity (Wildman–Crippen MR) is 149 cm³/mol. The van der Waals surface area contributed by atoms with Crippen LogP contribution in [0.1, 0.15) is 41.5 Å². The average Bonchev–Trinajstić information content (AvgIpc) is 2.76. The van der Waals surface area contributed by atoms with Crippen LogP contribution in [-0.2, 0) is 34.4 Å². The fourth-order valence-electron chi connectivity index (χ4n) is 3.10. The zero-order valence-electron chi connectivity index (χ0n) is 22.0. The molecule has 211 valence electrons. The normalized spacial score (nSPS) is 12.1. The Bertz CT molecular complexity index is 520. The molecule has 0 unspecified atom stereocenters. The summed E-state index contributed by atoms with van der Waals surface area (Å²) >= 11 is 0. The van der Waals surface area contributed by atoms with Crippen molar-refractivity contribution in [2.24, 2.45) is 0 Å². The first-order chi connectivity index (χ1) is 15.2. The molecule has 0 atom stereocenters. The Morgan fingerprint density at radius 2 is 0.882 bits per heavy atom. The van der Waals surface area contributed by atoms with Gasteiger partial charge >= 0.3 is 5.51 Å². The van der Waals surface area contributed by atoms with E-state index in [1.807, 2.05) is 6.79 Å². The van der Waals surface area contributed by atoms with Gasteiger partial charge in [-0.05, 0) is 37.0 Å². The monoisotopic (exact) mass is 679 g/mol. The Labute approximate surface area is 225 Å². The van der Waals surface area contributed by atoms with Gasteiger partial charge in [0.1, 0.15) is 6.79 Å². The topological polar surface area (TPSA) is 74.3 Å². The summed E-state index contributed by atoms with van der Waals surface area (Å²) < 4.78 is 58.9. The Kier molecular flexibility index (Phi) is 30.0. The van der Waals surface area contributed by atoms with E-state index in [0.717, 1.165) is 0 Å². The quantitative estimate of drug-likeness (QED) is 0.0805. The van der Waals surface area contributed by atoms with Crippen LogP contribution in [0.4, 0.5) is 13.2 Å². The summed E-state index contributed by atoms with van der Waals surface area (Å²) in [5.74, 6) is 0. The maximum absolute atomic E-state index is 10.7. The number of rotatable bonds is 15. The zero-order chi connectivity index (χ0) is 26.7. The minimum Gasteiger partial charge on any atom is -0.741 e. The minimum atomic E-state index is -6.09. The van der Waals surface area contributed by atoms with E-state index in [1.54, 1.807) is 37.0 Å². The standard InChI is InChI=1S/C19H45P4.CHF3O3S.CH2O.Rh/c1-8-20(9-2)14-17-23(7,18-15-21(10-3)11-4)19-16-22(12-5)13-6;2-1(3,4)8(5,6)7;1-2;/h8-19H2,1-7H3;(H,5,6,7);1H2;/q+1;;;/p-1. The van der Waals surface area contributed by atoms with Crippen molar-refractivity contribution < 1.29 is 50.4 Å². The zero-order valence-corrected chi connectivity index (χ0v) is 28.0. The molecule has 0 aromatic rings. The number of halogens is 3. The Morgan fingerprint density at radius 3 is 1.00 bits per heavy atom. The van der Waals surface area contributed by atoms with Gasteiger partial charge in [0.15, 0.2) is 10.1 Å². The van der Waals surface area contributed by atoms with E-state index < -0.39 is 22.9 Å². The summed E-state index contributed by atoms with van der Waals surface area (Å²) in [5, 5.41) is 0. The van der Waals surface area contributed by atoms with Crippen LogP contribution < -0.4 is 0 Å². The first-order valence-corrected chi connectivity index (χ1v) is 21.4. The fraction of sp³-hybridized carbons (Fsp3) is 0.952. The van der Waals surface area contributed by atoms with E-state index in [1.165, 1.54) is 37.0 Å². The van der Waals surface area contributed by atoms with E-state index in [-0.39, 0.29) is 19.5 Å². The second-order valence-electron chi connectivity index (χ2n) is 7.77. The third-order valence-electron chi connectivity index (χ3n) is 5.83. The van der Waals surface area contributed by atoms with Gasteiger partial charge in [-0.2, -0.15) is 13.2 Å². The Morgan fingerprint density at radius 1 is 0.706 bits per heavy atom. The molecule has 13 heteroatoms. The van der Waals surface area contributed by atoms with Crippen LogP contribution in [-0.4, -0.2) is 106 Å². The van der Waals surface area contributed by atoms with Gasteiger partial charge in [-0.25, -0.2) is 8.42 Å². The number of hydrogen-bond acceptors (Lipinski definition) is 4. The van der Waals surface area contributed by atoms with Gasteiger partial charge in [-0.15, -0.1) is 23.8 Å². The molecule has 4 nitrogen and oxygen atoms in total. The molecular formula is C21H47F3O4P4RhS.